The highest BCUT2D eigenvalue weighted by atomic mass is 19.4. The van der Waals surface area contributed by atoms with Crippen LogP contribution in [0.3, 0.4) is 0 Å². The van der Waals surface area contributed by atoms with E-state index in [-0.39, 0.29) is 6.04 Å². The first-order valence-corrected chi connectivity index (χ1v) is 7.98. The molecule has 3 nitrogen and oxygen atoms in total. The van der Waals surface area contributed by atoms with E-state index in [2.05, 4.69) is 10.2 Å². The summed E-state index contributed by atoms with van der Waals surface area (Å²) in [6.45, 7) is 6.11. The normalized spacial score (nSPS) is 17.7. The lowest BCUT2D eigenvalue weighted by molar-refractivity contribution is -0.137. The molecule has 1 aliphatic rings. The van der Waals surface area contributed by atoms with Crippen molar-refractivity contribution >= 4 is 0 Å². The molecule has 1 saturated heterocycles. The second-order valence-electron chi connectivity index (χ2n) is 6.90. The Morgan fingerprint density at radius 1 is 1.22 bits per heavy atom. The molecule has 0 aromatic heterocycles. The summed E-state index contributed by atoms with van der Waals surface area (Å²) in [5.74, 6) is 0. The number of hydrogen-bond donors (Lipinski definition) is 2. The molecule has 0 spiro atoms. The summed E-state index contributed by atoms with van der Waals surface area (Å²) in [6, 6.07) is 5.74. The van der Waals surface area contributed by atoms with Crippen molar-refractivity contribution in [3.05, 3.63) is 35.4 Å². The van der Waals surface area contributed by atoms with Crippen LogP contribution in [0.5, 0.6) is 0 Å². The molecule has 1 fully saturated rings. The van der Waals surface area contributed by atoms with Crippen LogP contribution in [-0.4, -0.2) is 41.3 Å². The molecule has 2 rings (SSSR count). The van der Waals surface area contributed by atoms with E-state index in [0.29, 0.717) is 18.7 Å². The molecule has 0 radical (unpaired) electrons. The number of nitrogens with zero attached hydrogens (tertiary/aromatic N) is 1. The van der Waals surface area contributed by atoms with Crippen LogP contribution in [0.4, 0.5) is 13.2 Å². The Kier molecular flexibility index (Phi) is 5.70. The predicted molar refractivity (Wildman–Crippen MR) is 84.0 cm³/mol. The molecule has 23 heavy (non-hydrogen) atoms. The second-order valence-corrected chi connectivity index (χ2v) is 6.90. The van der Waals surface area contributed by atoms with Crippen molar-refractivity contribution in [2.45, 2.75) is 51.1 Å². The highest BCUT2D eigenvalue weighted by molar-refractivity contribution is 5.25. The first-order valence-electron chi connectivity index (χ1n) is 7.98. The van der Waals surface area contributed by atoms with Crippen LogP contribution >= 0.6 is 0 Å². The lowest BCUT2D eigenvalue weighted by Gasteiger charge is -2.38. The fourth-order valence-electron chi connectivity index (χ4n) is 3.06. The van der Waals surface area contributed by atoms with Crippen LogP contribution in [0.2, 0.25) is 0 Å². The van der Waals surface area contributed by atoms with Crippen LogP contribution in [0.15, 0.2) is 24.3 Å². The van der Waals surface area contributed by atoms with Gasteiger partial charge >= 0.3 is 6.18 Å². The third kappa shape index (κ3) is 5.79. The molecule has 130 valence electrons. The Labute approximate surface area is 135 Å². The summed E-state index contributed by atoms with van der Waals surface area (Å²) in [7, 11) is 0. The maximum Gasteiger partial charge on any atom is 0.416 e. The van der Waals surface area contributed by atoms with Gasteiger partial charge in [-0.3, -0.25) is 4.90 Å². The fourth-order valence-corrected chi connectivity index (χ4v) is 3.06. The Hall–Kier alpha value is -1.11. The van der Waals surface area contributed by atoms with Crippen molar-refractivity contribution in [2.24, 2.45) is 0 Å². The van der Waals surface area contributed by atoms with Crippen LogP contribution in [0, 0.1) is 0 Å². The van der Waals surface area contributed by atoms with E-state index in [9.17, 15) is 18.3 Å². The van der Waals surface area contributed by atoms with Gasteiger partial charge in [-0.15, -0.1) is 0 Å². The van der Waals surface area contributed by atoms with E-state index >= 15 is 0 Å². The third-order valence-corrected chi connectivity index (χ3v) is 4.06. The van der Waals surface area contributed by atoms with Gasteiger partial charge in [0.1, 0.15) is 0 Å². The highest BCUT2D eigenvalue weighted by Gasteiger charge is 2.31. The molecular formula is C17H25F3N2O. The average Bonchev–Trinajstić information content (AvgIpc) is 2.45. The Balaban J connectivity index is 2.16. The molecule has 1 aliphatic heterocycles. The number of nitrogens with one attached hydrogen (secondary N) is 1. The zero-order valence-electron chi connectivity index (χ0n) is 13.7. The fraction of sp³-hybridized carbons (Fsp3) is 0.647. The lowest BCUT2D eigenvalue weighted by atomic mass is 10.00. The Morgan fingerprint density at radius 3 is 2.43 bits per heavy atom. The maximum atomic E-state index is 12.9. The standard InChI is InChI=1S/C17H25F3N2O/c1-16(2,23)12-22(15-6-8-21-9-7-15)11-13-4-3-5-14(10-13)17(18,19)20/h3-5,10,15,21,23H,6-9,11-12H2,1-2H3. The van der Waals surface area contributed by atoms with Crippen LogP contribution < -0.4 is 5.32 Å². The SMILES string of the molecule is CC(C)(O)CN(Cc1cccc(C(F)(F)F)c1)C1CCNCC1. The van der Waals surface area contributed by atoms with Crippen molar-refractivity contribution in [1.29, 1.82) is 0 Å². The smallest absolute Gasteiger partial charge is 0.389 e. The van der Waals surface area contributed by atoms with Crippen LogP contribution in [0.25, 0.3) is 0 Å². The lowest BCUT2D eigenvalue weighted by Crippen LogP contribution is -2.48. The van der Waals surface area contributed by atoms with Gasteiger partial charge in [0.2, 0.25) is 0 Å². The molecular weight excluding hydrogens is 305 g/mol. The Morgan fingerprint density at radius 2 is 1.87 bits per heavy atom. The van der Waals surface area contributed by atoms with Gasteiger partial charge in [-0.25, -0.2) is 0 Å². The van der Waals surface area contributed by atoms with Gasteiger partial charge in [-0.2, -0.15) is 13.2 Å². The summed E-state index contributed by atoms with van der Waals surface area (Å²) in [4.78, 5) is 2.11. The van der Waals surface area contributed by atoms with Crippen molar-refractivity contribution < 1.29 is 18.3 Å². The summed E-state index contributed by atoms with van der Waals surface area (Å²) >= 11 is 0. The van der Waals surface area contributed by atoms with E-state index in [4.69, 9.17) is 0 Å². The number of aliphatic hydroxyl groups is 1. The van der Waals surface area contributed by atoms with Crippen molar-refractivity contribution in [3.8, 4) is 0 Å². The van der Waals surface area contributed by atoms with Gasteiger partial charge in [0.05, 0.1) is 11.2 Å². The zero-order chi connectivity index (χ0) is 17.1. The summed E-state index contributed by atoms with van der Waals surface area (Å²) in [6.07, 6.45) is -2.45. The molecule has 0 saturated carbocycles. The maximum absolute atomic E-state index is 12.9. The minimum atomic E-state index is -4.33. The first-order chi connectivity index (χ1) is 10.6. The number of benzene rings is 1. The number of halogens is 3. The predicted octanol–water partition coefficient (Wildman–Crippen LogP) is 3.03. The van der Waals surface area contributed by atoms with Gasteiger partial charge in [0, 0.05) is 19.1 Å². The number of piperidine rings is 1. The van der Waals surface area contributed by atoms with E-state index in [1.165, 1.54) is 12.1 Å². The zero-order valence-corrected chi connectivity index (χ0v) is 13.7. The van der Waals surface area contributed by atoms with Crippen molar-refractivity contribution in [3.63, 3.8) is 0 Å². The second kappa shape index (κ2) is 7.20. The van der Waals surface area contributed by atoms with Gasteiger partial charge in [0.15, 0.2) is 0 Å². The monoisotopic (exact) mass is 330 g/mol. The topological polar surface area (TPSA) is 35.5 Å². The van der Waals surface area contributed by atoms with Crippen LogP contribution in [-0.2, 0) is 12.7 Å². The van der Waals surface area contributed by atoms with E-state index in [1.807, 2.05) is 0 Å². The highest BCUT2D eigenvalue weighted by Crippen LogP contribution is 2.30. The quantitative estimate of drug-likeness (QED) is 0.871. The van der Waals surface area contributed by atoms with E-state index in [1.54, 1.807) is 19.9 Å². The van der Waals surface area contributed by atoms with E-state index < -0.39 is 17.3 Å². The molecule has 0 unspecified atom stereocenters. The van der Waals surface area contributed by atoms with Crippen molar-refractivity contribution in [1.82, 2.24) is 10.2 Å². The van der Waals surface area contributed by atoms with Crippen molar-refractivity contribution in [2.75, 3.05) is 19.6 Å². The molecule has 0 amide bonds. The molecule has 0 aliphatic carbocycles. The van der Waals surface area contributed by atoms with Gasteiger partial charge in [-0.1, -0.05) is 18.2 Å². The first kappa shape index (κ1) is 18.2. The minimum Gasteiger partial charge on any atom is -0.389 e. The molecule has 1 heterocycles. The summed E-state index contributed by atoms with van der Waals surface area (Å²) in [5, 5.41) is 13.4. The largest absolute Gasteiger partial charge is 0.416 e. The third-order valence-electron chi connectivity index (χ3n) is 4.06. The molecule has 0 atom stereocenters. The average molecular weight is 330 g/mol. The van der Waals surface area contributed by atoms with Crippen LogP contribution in [0.1, 0.15) is 37.8 Å². The molecule has 1 aromatic carbocycles. The van der Waals surface area contributed by atoms with Gasteiger partial charge in [-0.05, 0) is 51.4 Å². The molecule has 1 aromatic rings. The summed E-state index contributed by atoms with van der Waals surface area (Å²) < 4.78 is 38.6. The Bertz CT molecular complexity index is 505. The molecule has 6 heteroatoms. The molecule has 0 bridgehead atoms. The van der Waals surface area contributed by atoms with Gasteiger partial charge < -0.3 is 10.4 Å². The minimum absolute atomic E-state index is 0.275. The number of hydrogen-bond acceptors (Lipinski definition) is 3. The number of alkyl halides is 3. The van der Waals surface area contributed by atoms with Gasteiger partial charge in [0.25, 0.3) is 0 Å². The van der Waals surface area contributed by atoms with E-state index in [0.717, 1.165) is 32.0 Å². The molecule has 2 N–H and O–H groups in total. The number of rotatable bonds is 5. The summed E-state index contributed by atoms with van der Waals surface area (Å²) in [5.41, 5.74) is -0.877.